The Morgan fingerprint density at radius 3 is 2.53 bits per heavy atom. The molecule has 43 heavy (non-hydrogen) atoms. The van der Waals surface area contributed by atoms with Crippen LogP contribution in [-0.4, -0.2) is 97.7 Å². The lowest BCUT2D eigenvalue weighted by Gasteiger charge is -2.24. The fraction of sp³-hybridized carbons (Fsp3) is 0.526. The topological polar surface area (TPSA) is 306 Å². The van der Waals surface area contributed by atoms with Gasteiger partial charge in [0.25, 0.3) is 5.56 Å². The van der Waals surface area contributed by atoms with Crippen LogP contribution < -0.4 is 17.0 Å². The zero-order valence-corrected chi connectivity index (χ0v) is 24.8. The lowest BCUT2D eigenvalue weighted by molar-refractivity contribution is -0.0563. The summed E-state index contributed by atoms with van der Waals surface area (Å²) in [5.41, 5.74) is 4.48. The quantitative estimate of drug-likeness (QED) is 0.114. The Labute approximate surface area is 247 Å². The van der Waals surface area contributed by atoms with Crippen LogP contribution in [0.25, 0.3) is 11.2 Å². The molecule has 0 bridgehead atoms. The van der Waals surface area contributed by atoms with E-state index in [1.165, 1.54) is 17.1 Å². The third-order valence-corrected chi connectivity index (χ3v) is 8.46. The largest absolute Gasteiger partial charge is 0.472 e. The molecule has 1 unspecified atom stereocenters. The summed E-state index contributed by atoms with van der Waals surface area (Å²) in [6.07, 6.45) is -6.54. The van der Waals surface area contributed by atoms with E-state index in [4.69, 9.17) is 34.0 Å². The highest BCUT2D eigenvalue weighted by atomic mass is 79.9. The smallest absolute Gasteiger partial charge is 0.390 e. The maximum absolute atomic E-state index is 12.9. The van der Waals surface area contributed by atoms with Gasteiger partial charge in [0.1, 0.15) is 36.2 Å². The van der Waals surface area contributed by atoms with Gasteiger partial charge in [0.05, 0.1) is 36.3 Å². The summed E-state index contributed by atoms with van der Waals surface area (Å²) < 4.78 is 52.3. The highest BCUT2D eigenvalue weighted by Crippen LogP contribution is 2.50. The second kappa shape index (κ2) is 12.2. The van der Waals surface area contributed by atoms with Gasteiger partial charge in [-0.15, -0.1) is 0 Å². The molecule has 3 aromatic heterocycles. The molecule has 0 radical (unpaired) electrons. The molecule has 21 nitrogen and oxygen atoms in total. The lowest BCUT2D eigenvalue weighted by atomic mass is 10.1. The van der Waals surface area contributed by atoms with E-state index in [0.717, 1.165) is 10.8 Å². The Hall–Kier alpha value is -2.43. The first kappa shape index (κ1) is 32.0. The molecule has 8 atom stereocenters. The highest BCUT2D eigenvalue weighted by Gasteiger charge is 2.50. The fourth-order valence-corrected chi connectivity index (χ4v) is 6.10. The molecule has 2 aliphatic heterocycles. The van der Waals surface area contributed by atoms with Gasteiger partial charge in [0.2, 0.25) is 5.95 Å². The molecule has 3 aromatic rings. The first-order valence-corrected chi connectivity index (χ1v) is 15.9. The molecule has 0 spiro atoms. The maximum atomic E-state index is 12.9. The number of hydrogen-bond donors (Lipinski definition) is 7. The summed E-state index contributed by atoms with van der Waals surface area (Å²) in [5.74, 6) is -0.138. The number of nitrogens with one attached hydrogen (secondary N) is 1. The lowest BCUT2D eigenvalue weighted by Crippen LogP contribution is -2.36. The van der Waals surface area contributed by atoms with Gasteiger partial charge in [0.15, 0.2) is 11.9 Å². The molecule has 236 valence electrons. The van der Waals surface area contributed by atoms with Crippen LogP contribution >= 0.6 is 31.6 Å². The number of nitrogens with two attached hydrogens (primary N) is 1. The van der Waals surface area contributed by atoms with Gasteiger partial charge in [0, 0.05) is 12.6 Å². The van der Waals surface area contributed by atoms with Crippen molar-refractivity contribution in [2.75, 3.05) is 18.9 Å². The molecule has 2 saturated heterocycles. The number of fused-ring (bicyclic) bond motifs is 1. The van der Waals surface area contributed by atoms with E-state index in [1.54, 1.807) is 0 Å². The standard InChI is InChI=1S/C19H24BrN7O14P2/c20-7-3-26(19(31)25-16(7)30)12-1-9(28)10(39-12)4-38-43(35,36)41-14-11(5-37-42(32,33)34)40-17(13(14)29)27-6-23-8-2-22-18(21)24-15(8)27/h2-3,6,9-14,17,28-29H,1,4-5H2,(H,35,36)(H2,21,22,24)(H,25,30,31)(H2,32,33,34)/t9-,10+,11+,12+,13+,14+,17+/m0/s1. The monoisotopic (exact) mass is 715 g/mol. The SMILES string of the molecule is Nc1ncc2ncn([C@@H]3O[C@H](COP(=O)(O)O)[C@@H](OP(=O)(O)OC[C@H]4O[C@@H](n5cc(Br)c(=O)[nH]c5=O)C[C@@H]4O)[C@H]3O)c2n1. The maximum Gasteiger partial charge on any atom is 0.472 e. The first-order chi connectivity index (χ1) is 20.1. The highest BCUT2D eigenvalue weighted by molar-refractivity contribution is 9.10. The first-order valence-electron chi connectivity index (χ1n) is 12.1. The molecule has 5 rings (SSSR count). The Morgan fingerprint density at radius 2 is 1.81 bits per heavy atom. The Morgan fingerprint density at radius 1 is 1.09 bits per heavy atom. The van der Waals surface area contributed by atoms with Gasteiger partial charge in [-0.1, -0.05) is 0 Å². The number of halogens is 1. The molecular weight excluding hydrogens is 692 g/mol. The third-order valence-electron chi connectivity index (χ3n) is 6.42. The zero-order chi connectivity index (χ0) is 31.3. The van der Waals surface area contributed by atoms with Crippen LogP contribution in [0.3, 0.4) is 0 Å². The molecule has 24 heteroatoms. The molecule has 0 aromatic carbocycles. The van der Waals surface area contributed by atoms with Crippen molar-refractivity contribution in [2.24, 2.45) is 0 Å². The number of aliphatic hydroxyl groups is 2. The second-order valence-corrected chi connectivity index (χ2v) is 12.8. The number of nitrogen functional groups attached to an aromatic ring is 1. The summed E-state index contributed by atoms with van der Waals surface area (Å²) in [4.78, 5) is 66.4. The number of phosphoric ester groups is 2. The number of aromatic nitrogens is 6. The van der Waals surface area contributed by atoms with Gasteiger partial charge in [-0.05, 0) is 15.9 Å². The van der Waals surface area contributed by atoms with Crippen LogP contribution in [0.2, 0.25) is 0 Å². The van der Waals surface area contributed by atoms with E-state index in [-0.39, 0.29) is 28.0 Å². The number of imidazole rings is 1. The van der Waals surface area contributed by atoms with Crippen molar-refractivity contribution in [1.29, 1.82) is 0 Å². The summed E-state index contributed by atoms with van der Waals surface area (Å²) in [6.45, 7) is -1.62. The summed E-state index contributed by atoms with van der Waals surface area (Å²) >= 11 is 2.99. The number of aliphatic hydroxyl groups excluding tert-OH is 2. The number of aromatic amines is 1. The normalized spacial score (nSPS) is 29.3. The number of H-pyrrole nitrogens is 1. The zero-order valence-electron chi connectivity index (χ0n) is 21.4. The van der Waals surface area contributed by atoms with Crippen LogP contribution in [0, 0.1) is 0 Å². The number of ether oxygens (including phenoxy) is 2. The van der Waals surface area contributed by atoms with E-state index in [9.17, 15) is 33.8 Å². The van der Waals surface area contributed by atoms with Gasteiger partial charge in [-0.25, -0.2) is 23.9 Å². The van der Waals surface area contributed by atoms with E-state index < -0.39 is 83.1 Å². The van der Waals surface area contributed by atoms with Crippen molar-refractivity contribution in [2.45, 2.75) is 49.4 Å². The van der Waals surface area contributed by atoms with Crippen molar-refractivity contribution in [1.82, 2.24) is 29.1 Å². The number of anilines is 1. The molecule has 0 amide bonds. The number of phosphoric acid groups is 2. The van der Waals surface area contributed by atoms with Crippen LogP contribution in [0.5, 0.6) is 0 Å². The average molecular weight is 716 g/mol. The predicted octanol–water partition coefficient (Wildman–Crippen LogP) is -1.76. The molecule has 0 saturated carbocycles. The fourth-order valence-electron chi connectivity index (χ4n) is 4.47. The predicted molar refractivity (Wildman–Crippen MR) is 142 cm³/mol. The minimum atomic E-state index is -5.11. The third kappa shape index (κ3) is 7.12. The minimum absolute atomic E-state index is 0.0192. The van der Waals surface area contributed by atoms with Crippen LogP contribution in [0.4, 0.5) is 5.95 Å². The summed E-state index contributed by atoms with van der Waals surface area (Å²) in [7, 11) is -10.2. The molecule has 2 aliphatic rings. The summed E-state index contributed by atoms with van der Waals surface area (Å²) in [5, 5.41) is 21.4. The molecular formula is C19H24BrN7O14P2. The number of nitrogens with zero attached hydrogens (tertiary/aromatic N) is 5. The van der Waals surface area contributed by atoms with E-state index in [2.05, 4.69) is 40.4 Å². The Kier molecular flexibility index (Phi) is 9.04. The Balaban J connectivity index is 1.30. The minimum Gasteiger partial charge on any atom is -0.390 e. The molecule has 0 aliphatic carbocycles. The molecule has 8 N–H and O–H groups in total. The van der Waals surface area contributed by atoms with Crippen LogP contribution in [0.15, 0.2) is 32.8 Å². The van der Waals surface area contributed by atoms with Crippen LogP contribution in [0.1, 0.15) is 18.9 Å². The van der Waals surface area contributed by atoms with Crippen molar-refractivity contribution in [3.05, 3.63) is 44.0 Å². The van der Waals surface area contributed by atoms with E-state index >= 15 is 0 Å². The van der Waals surface area contributed by atoms with E-state index in [1.807, 2.05) is 0 Å². The molecule has 2 fully saturated rings. The van der Waals surface area contributed by atoms with Crippen LogP contribution in [-0.2, 0) is 32.2 Å². The van der Waals surface area contributed by atoms with Gasteiger partial charge in [-0.3, -0.25) is 32.5 Å². The summed E-state index contributed by atoms with van der Waals surface area (Å²) in [6, 6.07) is 0. The van der Waals surface area contributed by atoms with Crippen molar-refractivity contribution >= 4 is 48.7 Å². The molecule has 5 heterocycles. The van der Waals surface area contributed by atoms with Crippen molar-refractivity contribution in [3.63, 3.8) is 0 Å². The van der Waals surface area contributed by atoms with Crippen molar-refractivity contribution in [3.8, 4) is 0 Å². The Bertz CT molecular complexity index is 1710. The second-order valence-electron chi connectivity index (χ2n) is 9.34. The van der Waals surface area contributed by atoms with Crippen molar-refractivity contribution < 1.29 is 57.1 Å². The van der Waals surface area contributed by atoms with Gasteiger partial charge >= 0.3 is 21.3 Å². The average Bonchev–Trinajstić information content (AvgIpc) is 3.58. The van der Waals surface area contributed by atoms with E-state index in [0.29, 0.717) is 0 Å². The number of rotatable bonds is 10. The van der Waals surface area contributed by atoms with Gasteiger partial charge in [-0.2, -0.15) is 4.98 Å². The number of hydrogen-bond acceptors (Lipinski definition) is 15. The van der Waals surface area contributed by atoms with Gasteiger partial charge < -0.3 is 40.1 Å².